The molecule has 7 nitrogen and oxygen atoms in total. The van der Waals surface area contributed by atoms with Crippen molar-refractivity contribution in [1.82, 2.24) is 10.2 Å². The van der Waals surface area contributed by atoms with Crippen molar-refractivity contribution in [1.29, 1.82) is 0 Å². The number of carbonyl (C=O) groups excluding carboxylic acids is 2. The molecule has 1 atom stereocenters. The molecule has 1 saturated carbocycles. The van der Waals surface area contributed by atoms with E-state index in [4.69, 9.17) is 0 Å². The molecule has 2 aromatic rings. The highest BCUT2D eigenvalue weighted by molar-refractivity contribution is 7.92. The molecule has 1 aliphatic rings. The quantitative estimate of drug-likeness (QED) is 0.589. The van der Waals surface area contributed by atoms with Gasteiger partial charge in [0, 0.05) is 12.6 Å². The Bertz CT molecular complexity index is 1130. The predicted molar refractivity (Wildman–Crippen MR) is 135 cm³/mol. The van der Waals surface area contributed by atoms with Crippen LogP contribution in [0.2, 0.25) is 0 Å². The van der Waals surface area contributed by atoms with Crippen LogP contribution in [0.4, 0.5) is 5.69 Å². The lowest BCUT2D eigenvalue weighted by atomic mass is 10.1. The fourth-order valence-corrected chi connectivity index (χ4v) is 5.22. The van der Waals surface area contributed by atoms with Gasteiger partial charge in [0.25, 0.3) is 0 Å². The number of anilines is 1. The fraction of sp³-hybridized carbons (Fsp3) is 0.462. The Balaban J connectivity index is 1.88. The highest BCUT2D eigenvalue weighted by atomic mass is 32.2. The van der Waals surface area contributed by atoms with Crippen molar-refractivity contribution in [2.75, 3.05) is 17.1 Å². The van der Waals surface area contributed by atoms with E-state index in [1.54, 1.807) is 25.1 Å². The smallest absolute Gasteiger partial charge is 0.244 e. The van der Waals surface area contributed by atoms with Crippen LogP contribution in [-0.4, -0.2) is 50.0 Å². The average Bonchev–Trinajstić information content (AvgIpc) is 3.27. The van der Waals surface area contributed by atoms with Crippen LogP contribution in [-0.2, 0) is 26.2 Å². The number of nitrogens with zero attached hydrogens (tertiary/aromatic N) is 2. The van der Waals surface area contributed by atoms with Gasteiger partial charge >= 0.3 is 0 Å². The van der Waals surface area contributed by atoms with E-state index in [9.17, 15) is 18.0 Å². The molecule has 0 heterocycles. The minimum absolute atomic E-state index is 0.130. The second-order valence-corrected chi connectivity index (χ2v) is 11.2. The average molecular weight is 486 g/mol. The number of hydrogen-bond acceptors (Lipinski definition) is 4. The summed E-state index contributed by atoms with van der Waals surface area (Å²) in [7, 11) is -3.72. The molecule has 1 N–H and O–H groups in total. The topological polar surface area (TPSA) is 86.8 Å². The van der Waals surface area contributed by atoms with Gasteiger partial charge in [-0.3, -0.25) is 13.9 Å². The fourth-order valence-electron chi connectivity index (χ4n) is 4.38. The van der Waals surface area contributed by atoms with Crippen LogP contribution in [0.3, 0.4) is 0 Å². The number of amides is 2. The van der Waals surface area contributed by atoms with Crippen molar-refractivity contribution < 1.29 is 18.0 Å². The SMILES string of the molecule is Cc1cccc(CN(C(=O)CN(c2cccc(C)c2)S(C)(=O)=O)[C@@H](C)C(=O)NC2CCCC2)c1. The van der Waals surface area contributed by atoms with Crippen LogP contribution in [0.15, 0.2) is 48.5 Å². The largest absolute Gasteiger partial charge is 0.352 e. The molecule has 0 aliphatic heterocycles. The van der Waals surface area contributed by atoms with Crippen LogP contribution in [0.1, 0.15) is 49.3 Å². The predicted octanol–water partition coefficient (Wildman–Crippen LogP) is 3.55. The molecule has 0 bridgehead atoms. The monoisotopic (exact) mass is 485 g/mol. The Hall–Kier alpha value is -2.87. The van der Waals surface area contributed by atoms with Crippen LogP contribution in [0, 0.1) is 13.8 Å². The van der Waals surface area contributed by atoms with Crippen molar-refractivity contribution in [2.24, 2.45) is 0 Å². The molecule has 1 fully saturated rings. The molecule has 0 unspecified atom stereocenters. The summed E-state index contributed by atoms with van der Waals surface area (Å²) in [4.78, 5) is 28.1. The van der Waals surface area contributed by atoms with Crippen LogP contribution in [0.25, 0.3) is 0 Å². The minimum atomic E-state index is -3.72. The summed E-state index contributed by atoms with van der Waals surface area (Å²) in [6.45, 7) is 5.37. The van der Waals surface area contributed by atoms with Gasteiger partial charge in [-0.15, -0.1) is 0 Å². The van der Waals surface area contributed by atoms with E-state index in [2.05, 4.69) is 5.32 Å². The highest BCUT2D eigenvalue weighted by Gasteiger charge is 2.31. The summed E-state index contributed by atoms with van der Waals surface area (Å²) in [6, 6.07) is 14.2. The van der Waals surface area contributed by atoms with Gasteiger partial charge < -0.3 is 10.2 Å². The summed E-state index contributed by atoms with van der Waals surface area (Å²) < 4.78 is 26.3. The van der Waals surface area contributed by atoms with Crippen LogP contribution >= 0.6 is 0 Å². The number of hydrogen-bond donors (Lipinski definition) is 1. The zero-order chi connectivity index (χ0) is 24.9. The van der Waals surface area contributed by atoms with E-state index in [1.807, 2.05) is 44.2 Å². The lowest BCUT2D eigenvalue weighted by molar-refractivity contribution is -0.139. The van der Waals surface area contributed by atoms with Crippen LogP contribution < -0.4 is 9.62 Å². The van der Waals surface area contributed by atoms with E-state index in [0.29, 0.717) is 5.69 Å². The van der Waals surface area contributed by atoms with Gasteiger partial charge in [0.05, 0.1) is 11.9 Å². The lowest BCUT2D eigenvalue weighted by Gasteiger charge is -2.32. The lowest BCUT2D eigenvalue weighted by Crippen LogP contribution is -2.52. The van der Waals surface area contributed by atoms with Gasteiger partial charge in [0.15, 0.2) is 0 Å². The molecule has 8 heteroatoms. The maximum Gasteiger partial charge on any atom is 0.244 e. The van der Waals surface area contributed by atoms with Gasteiger partial charge in [-0.2, -0.15) is 0 Å². The summed E-state index contributed by atoms with van der Waals surface area (Å²) >= 11 is 0. The van der Waals surface area contributed by atoms with Gasteiger partial charge in [0.1, 0.15) is 12.6 Å². The number of sulfonamides is 1. The van der Waals surface area contributed by atoms with Crippen molar-refractivity contribution in [3.05, 3.63) is 65.2 Å². The van der Waals surface area contributed by atoms with Gasteiger partial charge in [-0.05, 0) is 56.9 Å². The molecule has 0 aromatic heterocycles. The van der Waals surface area contributed by atoms with Gasteiger partial charge in [0.2, 0.25) is 21.8 Å². The zero-order valence-electron chi connectivity index (χ0n) is 20.5. The first kappa shape index (κ1) is 25.7. The Morgan fingerprint density at radius 1 is 1.03 bits per heavy atom. The minimum Gasteiger partial charge on any atom is -0.352 e. The molecule has 34 heavy (non-hydrogen) atoms. The highest BCUT2D eigenvalue weighted by Crippen LogP contribution is 2.21. The van der Waals surface area contributed by atoms with E-state index >= 15 is 0 Å². The second-order valence-electron chi connectivity index (χ2n) is 9.29. The van der Waals surface area contributed by atoms with E-state index in [-0.39, 0.29) is 25.0 Å². The number of carbonyl (C=O) groups is 2. The van der Waals surface area contributed by atoms with E-state index in [1.165, 1.54) is 4.90 Å². The van der Waals surface area contributed by atoms with Gasteiger partial charge in [-0.25, -0.2) is 8.42 Å². The molecule has 0 radical (unpaired) electrons. The Morgan fingerprint density at radius 2 is 1.65 bits per heavy atom. The summed E-state index contributed by atoms with van der Waals surface area (Å²) in [5, 5.41) is 3.07. The molecule has 184 valence electrons. The molecular weight excluding hydrogens is 450 g/mol. The first-order valence-electron chi connectivity index (χ1n) is 11.7. The number of rotatable bonds is 9. The van der Waals surface area contributed by atoms with Crippen LogP contribution in [0.5, 0.6) is 0 Å². The van der Waals surface area contributed by atoms with Gasteiger partial charge in [-0.1, -0.05) is 54.8 Å². The number of benzene rings is 2. The summed E-state index contributed by atoms with van der Waals surface area (Å²) in [6.07, 6.45) is 5.15. The summed E-state index contributed by atoms with van der Waals surface area (Å²) in [5.41, 5.74) is 3.25. The Labute approximate surface area is 203 Å². The van der Waals surface area contributed by atoms with E-state index in [0.717, 1.165) is 52.9 Å². The van der Waals surface area contributed by atoms with Crippen molar-refractivity contribution in [3.63, 3.8) is 0 Å². The van der Waals surface area contributed by atoms with E-state index < -0.39 is 22.0 Å². The normalized spacial score (nSPS) is 15.1. The maximum absolute atomic E-state index is 13.6. The van der Waals surface area contributed by atoms with Crippen molar-refractivity contribution >= 4 is 27.5 Å². The molecule has 2 aromatic carbocycles. The zero-order valence-corrected chi connectivity index (χ0v) is 21.3. The molecule has 0 spiro atoms. The molecular formula is C26H35N3O4S. The Morgan fingerprint density at radius 3 is 2.24 bits per heavy atom. The second kappa shape index (κ2) is 11.0. The van der Waals surface area contributed by atoms with Crippen molar-refractivity contribution in [3.8, 4) is 0 Å². The molecule has 0 saturated heterocycles. The maximum atomic E-state index is 13.6. The molecule has 3 rings (SSSR count). The third-order valence-corrected chi connectivity index (χ3v) is 7.41. The molecule has 1 aliphatic carbocycles. The standard InChI is InChI=1S/C26H35N3O4S/c1-19-9-7-11-22(15-19)17-28(21(3)26(31)27-23-12-5-6-13-23)25(30)18-29(34(4,32)33)24-14-8-10-20(2)16-24/h7-11,14-16,21,23H,5-6,12-13,17-18H2,1-4H3,(H,27,31)/t21-/m0/s1. The first-order valence-corrected chi connectivity index (χ1v) is 13.6. The Kier molecular flexibility index (Phi) is 8.36. The number of nitrogens with one attached hydrogen (secondary N) is 1. The third-order valence-electron chi connectivity index (χ3n) is 6.27. The molecule has 2 amide bonds. The summed E-state index contributed by atoms with van der Waals surface area (Å²) in [5.74, 6) is -0.642. The number of aryl methyl sites for hydroxylation is 2. The van der Waals surface area contributed by atoms with Crippen molar-refractivity contribution in [2.45, 2.75) is 65.1 Å². The third kappa shape index (κ3) is 6.82. The first-order chi connectivity index (χ1) is 16.0.